The normalized spacial score (nSPS) is 15.4. The summed E-state index contributed by atoms with van der Waals surface area (Å²) < 4.78 is 0. The molecule has 4 aromatic rings. The Balaban J connectivity index is 1.17. The molecule has 0 N–H and O–H groups in total. The van der Waals surface area contributed by atoms with Crippen molar-refractivity contribution < 1.29 is 0 Å². The monoisotopic (exact) mass is 462 g/mol. The van der Waals surface area contributed by atoms with Crippen LogP contribution in [0.4, 0.5) is 5.69 Å². The van der Waals surface area contributed by atoms with Gasteiger partial charge in [0.1, 0.15) is 0 Å². The maximum Gasteiger partial charge on any atom is 0.0367 e. The first kappa shape index (κ1) is 23.6. The number of hydrogen-bond donors (Lipinski definition) is 0. The number of para-hydroxylation sites is 1. The summed E-state index contributed by atoms with van der Waals surface area (Å²) in [5.74, 6) is 0.633. The number of fused-ring (bicyclic) bond motifs is 1. The predicted molar refractivity (Wildman–Crippen MR) is 150 cm³/mol. The van der Waals surface area contributed by atoms with Gasteiger partial charge in [-0.2, -0.15) is 0 Å². The van der Waals surface area contributed by atoms with Crippen molar-refractivity contribution in [1.82, 2.24) is 4.90 Å². The number of rotatable bonds is 10. The maximum absolute atomic E-state index is 2.67. The van der Waals surface area contributed by atoms with Gasteiger partial charge in [0.25, 0.3) is 0 Å². The van der Waals surface area contributed by atoms with E-state index in [2.05, 4.69) is 113 Å². The van der Waals surface area contributed by atoms with Gasteiger partial charge in [0.15, 0.2) is 0 Å². The van der Waals surface area contributed by atoms with Crippen molar-refractivity contribution >= 4 is 16.5 Å². The van der Waals surface area contributed by atoms with E-state index >= 15 is 0 Å². The van der Waals surface area contributed by atoms with Crippen molar-refractivity contribution in [3.63, 3.8) is 0 Å². The molecule has 1 fully saturated rings. The van der Waals surface area contributed by atoms with Gasteiger partial charge in [-0.15, -0.1) is 0 Å². The Bertz CT molecular complexity index is 1160. The molecule has 0 aliphatic carbocycles. The molecule has 1 saturated heterocycles. The molecule has 0 bridgehead atoms. The smallest absolute Gasteiger partial charge is 0.0367 e. The first-order valence-corrected chi connectivity index (χ1v) is 13.4. The highest BCUT2D eigenvalue weighted by molar-refractivity contribution is 5.83. The van der Waals surface area contributed by atoms with E-state index in [1.165, 1.54) is 79.3 Å². The fourth-order valence-corrected chi connectivity index (χ4v) is 5.57. The van der Waals surface area contributed by atoms with Gasteiger partial charge in [-0.05, 0) is 78.6 Å². The summed E-state index contributed by atoms with van der Waals surface area (Å²) in [4.78, 5) is 5.19. The molecular weight excluding hydrogens is 424 g/mol. The van der Waals surface area contributed by atoms with Gasteiger partial charge in [-0.25, -0.2) is 0 Å². The molecule has 0 saturated carbocycles. The highest BCUT2D eigenvalue weighted by Gasteiger charge is 2.18. The van der Waals surface area contributed by atoms with Gasteiger partial charge < -0.3 is 4.90 Å². The highest BCUT2D eigenvalue weighted by atomic mass is 15.3. The third kappa shape index (κ3) is 6.52. The molecule has 2 heteroatoms. The Morgan fingerprint density at radius 2 is 1.26 bits per heavy atom. The Morgan fingerprint density at radius 1 is 0.600 bits per heavy atom. The lowest BCUT2D eigenvalue weighted by molar-refractivity contribution is 0.249. The quantitative estimate of drug-likeness (QED) is 0.240. The lowest BCUT2D eigenvalue weighted by Crippen LogP contribution is -2.46. The number of aryl methyl sites for hydroxylation is 1. The minimum absolute atomic E-state index is 0.633. The van der Waals surface area contributed by atoms with Crippen molar-refractivity contribution in [1.29, 1.82) is 0 Å². The molecule has 1 aliphatic heterocycles. The average Bonchev–Trinajstić information content (AvgIpc) is 2.93. The Labute approximate surface area is 211 Å². The molecule has 0 spiro atoms. The molecule has 2 nitrogen and oxygen atoms in total. The second-order valence-corrected chi connectivity index (χ2v) is 9.99. The first-order valence-electron chi connectivity index (χ1n) is 13.4. The minimum atomic E-state index is 0.633. The van der Waals surface area contributed by atoms with Crippen LogP contribution in [0.5, 0.6) is 0 Å². The summed E-state index contributed by atoms with van der Waals surface area (Å²) in [6, 6.07) is 37.7. The van der Waals surface area contributed by atoms with Crippen molar-refractivity contribution in [3.8, 4) is 0 Å². The van der Waals surface area contributed by atoms with Gasteiger partial charge in [-0.3, -0.25) is 4.90 Å². The molecule has 0 amide bonds. The first-order chi connectivity index (χ1) is 17.3. The van der Waals surface area contributed by atoms with Gasteiger partial charge in [0, 0.05) is 31.9 Å². The standard InChI is InChI=1S/C33H38N2/c1-3-11-28(12-4-1)13-9-16-29(32-21-20-30-14-7-8-15-31(30)27-32)17-10-22-34-23-25-35(26-24-34)33-18-5-2-6-19-33/h1-8,11-12,14-15,18-21,27,29H,9-10,13,16-17,22-26H2. The van der Waals surface area contributed by atoms with Crippen LogP contribution >= 0.6 is 0 Å². The number of piperazine rings is 1. The van der Waals surface area contributed by atoms with Crippen LogP contribution in [0.1, 0.15) is 42.7 Å². The molecule has 5 rings (SSSR count). The molecule has 1 aliphatic rings. The number of hydrogen-bond acceptors (Lipinski definition) is 2. The lowest BCUT2D eigenvalue weighted by Gasteiger charge is -2.36. The molecule has 1 unspecified atom stereocenters. The van der Waals surface area contributed by atoms with Crippen LogP contribution < -0.4 is 4.90 Å². The SMILES string of the molecule is c1ccc(CCCC(CCCN2CCN(c3ccccc3)CC2)c2ccc3ccccc3c2)cc1. The fraction of sp³-hybridized carbons (Fsp3) is 0.333. The van der Waals surface area contributed by atoms with Gasteiger partial charge in [-0.1, -0.05) is 91.0 Å². The fourth-order valence-electron chi connectivity index (χ4n) is 5.57. The second kappa shape index (κ2) is 12.0. The van der Waals surface area contributed by atoms with Crippen LogP contribution in [0.25, 0.3) is 10.8 Å². The van der Waals surface area contributed by atoms with Crippen LogP contribution in [0, 0.1) is 0 Å². The number of benzene rings is 4. The molecule has 0 radical (unpaired) electrons. The summed E-state index contributed by atoms with van der Waals surface area (Å²) in [6.07, 6.45) is 6.22. The Kier molecular flexibility index (Phi) is 8.13. The minimum Gasteiger partial charge on any atom is -0.369 e. The van der Waals surface area contributed by atoms with E-state index in [0.29, 0.717) is 5.92 Å². The summed E-state index contributed by atoms with van der Waals surface area (Å²) in [5.41, 5.74) is 4.34. The number of anilines is 1. The van der Waals surface area contributed by atoms with E-state index in [1.807, 2.05) is 0 Å². The van der Waals surface area contributed by atoms with Crippen LogP contribution in [-0.2, 0) is 6.42 Å². The summed E-state index contributed by atoms with van der Waals surface area (Å²) in [5, 5.41) is 2.71. The van der Waals surface area contributed by atoms with Crippen molar-refractivity contribution in [2.45, 2.75) is 38.0 Å². The van der Waals surface area contributed by atoms with Crippen LogP contribution in [0.2, 0.25) is 0 Å². The zero-order chi connectivity index (χ0) is 23.7. The second-order valence-electron chi connectivity index (χ2n) is 9.99. The average molecular weight is 463 g/mol. The summed E-state index contributed by atoms with van der Waals surface area (Å²) in [6.45, 7) is 5.82. The highest BCUT2D eigenvalue weighted by Crippen LogP contribution is 2.30. The van der Waals surface area contributed by atoms with E-state index in [-0.39, 0.29) is 0 Å². The topological polar surface area (TPSA) is 6.48 Å². The zero-order valence-corrected chi connectivity index (χ0v) is 20.9. The van der Waals surface area contributed by atoms with E-state index in [1.54, 1.807) is 0 Å². The lowest BCUT2D eigenvalue weighted by atomic mass is 9.87. The van der Waals surface area contributed by atoms with Crippen LogP contribution in [0.3, 0.4) is 0 Å². The van der Waals surface area contributed by atoms with E-state index < -0.39 is 0 Å². The largest absolute Gasteiger partial charge is 0.369 e. The summed E-state index contributed by atoms with van der Waals surface area (Å²) >= 11 is 0. The predicted octanol–water partition coefficient (Wildman–Crippen LogP) is 7.55. The van der Waals surface area contributed by atoms with E-state index in [9.17, 15) is 0 Å². The molecule has 35 heavy (non-hydrogen) atoms. The van der Waals surface area contributed by atoms with Crippen molar-refractivity contribution in [3.05, 3.63) is 114 Å². The molecule has 1 heterocycles. The Hall–Kier alpha value is -3.10. The van der Waals surface area contributed by atoms with Gasteiger partial charge in [0.05, 0.1) is 0 Å². The molecule has 4 aromatic carbocycles. The Morgan fingerprint density at radius 3 is 2.03 bits per heavy atom. The molecule has 0 aromatic heterocycles. The molecule has 1 atom stereocenters. The number of nitrogens with zero attached hydrogens (tertiary/aromatic N) is 2. The van der Waals surface area contributed by atoms with Crippen LogP contribution in [0.15, 0.2) is 103 Å². The third-order valence-corrected chi connectivity index (χ3v) is 7.63. The summed E-state index contributed by atoms with van der Waals surface area (Å²) in [7, 11) is 0. The van der Waals surface area contributed by atoms with Crippen molar-refractivity contribution in [2.24, 2.45) is 0 Å². The molecular formula is C33H38N2. The third-order valence-electron chi connectivity index (χ3n) is 7.63. The van der Waals surface area contributed by atoms with Crippen LogP contribution in [-0.4, -0.2) is 37.6 Å². The zero-order valence-electron chi connectivity index (χ0n) is 20.9. The van der Waals surface area contributed by atoms with Crippen molar-refractivity contribution in [2.75, 3.05) is 37.6 Å². The maximum atomic E-state index is 2.67. The van der Waals surface area contributed by atoms with E-state index in [0.717, 1.165) is 13.1 Å². The van der Waals surface area contributed by atoms with Gasteiger partial charge in [0.2, 0.25) is 0 Å². The van der Waals surface area contributed by atoms with E-state index in [4.69, 9.17) is 0 Å². The van der Waals surface area contributed by atoms with Gasteiger partial charge >= 0.3 is 0 Å². The molecule has 180 valence electrons.